The highest BCUT2D eigenvalue weighted by molar-refractivity contribution is 5.52. The van der Waals surface area contributed by atoms with Crippen LogP contribution < -0.4 is 0 Å². The summed E-state index contributed by atoms with van der Waals surface area (Å²) in [5.74, 6) is 0.436. The number of nitrogens with zero attached hydrogens (tertiary/aromatic N) is 5. The molecule has 0 aromatic carbocycles. The van der Waals surface area contributed by atoms with Gasteiger partial charge in [-0.25, -0.2) is 9.67 Å². The summed E-state index contributed by atoms with van der Waals surface area (Å²) in [6.45, 7) is 0. The lowest BCUT2D eigenvalue weighted by Crippen LogP contribution is -1.84. The first-order valence-electron chi connectivity index (χ1n) is 3.23. The van der Waals surface area contributed by atoms with Crippen LogP contribution in [0.25, 0.3) is 12.3 Å². The molecule has 0 amide bonds. The lowest BCUT2D eigenvalue weighted by atomic mass is 10.6. The first kappa shape index (κ1) is 6.71. The number of rotatable bonds is 2. The number of hydrogen-bond acceptors (Lipinski definition) is 5. The Kier molecular flexibility index (Phi) is 1.65. The van der Waals surface area contributed by atoms with Gasteiger partial charge in [-0.15, -0.1) is 10.2 Å². The molecule has 0 aliphatic rings. The van der Waals surface area contributed by atoms with E-state index in [9.17, 15) is 0 Å². The zero-order chi connectivity index (χ0) is 8.23. The average Bonchev–Trinajstić information content (AvgIpc) is 2.74. The second-order valence-corrected chi connectivity index (χ2v) is 1.97. The van der Waals surface area contributed by atoms with E-state index < -0.39 is 0 Å². The molecule has 0 N–H and O–H groups in total. The van der Waals surface area contributed by atoms with Crippen molar-refractivity contribution < 1.29 is 4.42 Å². The van der Waals surface area contributed by atoms with E-state index in [2.05, 4.69) is 20.3 Å². The minimum atomic E-state index is 0.436. The maximum Gasteiger partial charge on any atom is 0.241 e. The quantitative estimate of drug-likeness (QED) is 0.636. The van der Waals surface area contributed by atoms with Crippen molar-refractivity contribution in [3.05, 3.63) is 24.9 Å². The topological polar surface area (TPSA) is 69.6 Å². The van der Waals surface area contributed by atoms with Gasteiger partial charge in [0.2, 0.25) is 12.3 Å². The largest absolute Gasteiger partial charge is 0.424 e. The lowest BCUT2D eigenvalue weighted by molar-refractivity contribution is 0.542. The summed E-state index contributed by atoms with van der Waals surface area (Å²) in [4.78, 5) is 3.76. The van der Waals surface area contributed by atoms with E-state index >= 15 is 0 Å². The molecule has 2 aromatic rings. The zero-order valence-electron chi connectivity index (χ0n) is 6.03. The predicted molar refractivity (Wildman–Crippen MR) is 39.5 cm³/mol. The van der Waals surface area contributed by atoms with Crippen molar-refractivity contribution in [1.82, 2.24) is 25.0 Å². The van der Waals surface area contributed by atoms with Crippen LogP contribution in [-0.2, 0) is 0 Å². The molecule has 0 saturated carbocycles. The van der Waals surface area contributed by atoms with Crippen LogP contribution >= 0.6 is 0 Å². The van der Waals surface area contributed by atoms with Crippen molar-refractivity contribution in [3.8, 4) is 0 Å². The highest BCUT2D eigenvalue weighted by atomic mass is 16.4. The molecule has 0 radical (unpaired) electrons. The van der Waals surface area contributed by atoms with Gasteiger partial charge in [-0.2, -0.15) is 5.10 Å². The molecule has 0 unspecified atom stereocenters. The van der Waals surface area contributed by atoms with Crippen LogP contribution in [0.3, 0.4) is 0 Å². The van der Waals surface area contributed by atoms with Crippen LogP contribution in [0.5, 0.6) is 0 Å². The minimum Gasteiger partial charge on any atom is -0.424 e. The van der Waals surface area contributed by atoms with E-state index in [1.807, 2.05) is 0 Å². The molecule has 0 bridgehead atoms. The van der Waals surface area contributed by atoms with Gasteiger partial charge >= 0.3 is 0 Å². The van der Waals surface area contributed by atoms with Crippen molar-refractivity contribution in [1.29, 1.82) is 0 Å². The van der Waals surface area contributed by atoms with Gasteiger partial charge in [-0.3, -0.25) is 0 Å². The van der Waals surface area contributed by atoms with Crippen molar-refractivity contribution in [3.63, 3.8) is 0 Å². The Bertz CT molecular complexity index is 313. The van der Waals surface area contributed by atoms with Crippen LogP contribution in [0.1, 0.15) is 5.89 Å². The normalized spacial score (nSPS) is 11.0. The van der Waals surface area contributed by atoms with E-state index in [0.29, 0.717) is 5.89 Å². The van der Waals surface area contributed by atoms with Gasteiger partial charge in [0.25, 0.3) is 0 Å². The molecule has 0 saturated heterocycles. The van der Waals surface area contributed by atoms with Crippen LogP contribution in [0, 0.1) is 0 Å². The summed E-state index contributed by atoms with van der Waals surface area (Å²) < 4.78 is 6.39. The Morgan fingerprint density at radius 1 is 1.50 bits per heavy atom. The molecular formula is C6H5N5O. The third-order valence-electron chi connectivity index (χ3n) is 1.18. The molecule has 0 fully saturated rings. The fourth-order valence-corrected chi connectivity index (χ4v) is 0.689. The number of aromatic nitrogens is 5. The molecule has 0 atom stereocenters. The van der Waals surface area contributed by atoms with Gasteiger partial charge in [0.15, 0.2) is 0 Å². The van der Waals surface area contributed by atoms with Crippen LogP contribution in [-0.4, -0.2) is 25.0 Å². The standard InChI is InChI=1S/C6H5N5O/c1(6-10-8-5-12-6)2-11-4-7-3-9-11/h1-5H. The monoisotopic (exact) mass is 163 g/mol. The smallest absolute Gasteiger partial charge is 0.241 e. The maximum atomic E-state index is 4.86. The van der Waals surface area contributed by atoms with Crippen molar-refractivity contribution in [2.45, 2.75) is 0 Å². The van der Waals surface area contributed by atoms with E-state index in [4.69, 9.17) is 4.42 Å². The molecular weight excluding hydrogens is 158 g/mol. The predicted octanol–water partition coefficient (Wildman–Crippen LogP) is 0.289. The molecule has 6 heteroatoms. The van der Waals surface area contributed by atoms with Gasteiger partial charge in [-0.05, 0) is 0 Å². The summed E-state index contributed by atoms with van der Waals surface area (Å²) in [5, 5.41) is 11.0. The molecule has 0 aliphatic heterocycles. The Labute approximate surface area is 67.6 Å². The molecule has 2 aromatic heterocycles. The second-order valence-electron chi connectivity index (χ2n) is 1.97. The molecule has 0 aliphatic carbocycles. The van der Waals surface area contributed by atoms with E-state index in [-0.39, 0.29) is 0 Å². The Balaban J connectivity index is 2.14. The van der Waals surface area contributed by atoms with Gasteiger partial charge in [0, 0.05) is 12.3 Å². The summed E-state index contributed by atoms with van der Waals surface area (Å²) in [7, 11) is 0. The van der Waals surface area contributed by atoms with Crippen LogP contribution in [0.4, 0.5) is 0 Å². The molecule has 12 heavy (non-hydrogen) atoms. The van der Waals surface area contributed by atoms with Gasteiger partial charge in [0.1, 0.15) is 12.7 Å². The fourth-order valence-electron chi connectivity index (χ4n) is 0.689. The first-order valence-corrected chi connectivity index (χ1v) is 3.23. The molecule has 2 heterocycles. The summed E-state index contributed by atoms with van der Waals surface area (Å²) in [6, 6.07) is 0. The van der Waals surface area contributed by atoms with E-state index in [1.54, 1.807) is 18.6 Å². The van der Waals surface area contributed by atoms with Crippen molar-refractivity contribution in [2.75, 3.05) is 0 Å². The van der Waals surface area contributed by atoms with Crippen molar-refractivity contribution >= 4 is 12.3 Å². The SMILES string of the molecule is C(=Cn1cncn1)c1nnco1. The Hall–Kier alpha value is -1.98. The van der Waals surface area contributed by atoms with E-state index in [0.717, 1.165) is 0 Å². The highest BCUT2D eigenvalue weighted by Crippen LogP contribution is 1.95. The molecule has 60 valence electrons. The van der Waals surface area contributed by atoms with Gasteiger partial charge in [0.05, 0.1) is 0 Å². The number of hydrogen-bond donors (Lipinski definition) is 0. The van der Waals surface area contributed by atoms with Crippen LogP contribution in [0.15, 0.2) is 23.5 Å². The van der Waals surface area contributed by atoms with Crippen LogP contribution in [0.2, 0.25) is 0 Å². The van der Waals surface area contributed by atoms with Gasteiger partial charge < -0.3 is 4.42 Å². The first-order chi connectivity index (χ1) is 5.95. The van der Waals surface area contributed by atoms with E-state index in [1.165, 1.54) is 17.4 Å². The zero-order valence-corrected chi connectivity index (χ0v) is 6.03. The maximum absolute atomic E-state index is 4.86. The fraction of sp³-hybridized carbons (Fsp3) is 0. The molecule has 2 rings (SSSR count). The minimum absolute atomic E-state index is 0.436. The average molecular weight is 163 g/mol. The Morgan fingerprint density at radius 2 is 2.50 bits per heavy atom. The third kappa shape index (κ3) is 1.36. The summed E-state index contributed by atoms with van der Waals surface area (Å²) in [5.41, 5.74) is 0. The second kappa shape index (κ2) is 2.95. The Morgan fingerprint density at radius 3 is 3.17 bits per heavy atom. The highest BCUT2D eigenvalue weighted by Gasteiger charge is 1.89. The lowest BCUT2D eigenvalue weighted by Gasteiger charge is -1.84. The summed E-state index contributed by atoms with van der Waals surface area (Å²) in [6.07, 6.45) is 7.58. The third-order valence-corrected chi connectivity index (χ3v) is 1.18. The van der Waals surface area contributed by atoms with Crippen molar-refractivity contribution in [2.24, 2.45) is 0 Å². The molecule has 6 nitrogen and oxygen atoms in total. The summed E-state index contributed by atoms with van der Waals surface area (Å²) >= 11 is 0. The van der Waals surface area contributed by atoms with Gasteiger partial charge in [-0.1, -0.05) is 0 Å². The molecule has 0 spiro atoms.